The predicted octanol–water partition coefficient (Wildman–Crippen LogP) is 5.10. The van der Waals surface area contributed by atoms with Crippen LogP contribution >= 0.6 is 11.6 Å². The van der Waals surface area contributed by atoms with E-state index in [1.165, 1.54) is 8.72 Å². The Kier molecular flexibility index (Phi) is 6.34. The van der Waals surface area contributed by atoms with Gasteiger partial charge >= 0.3 is 10.2 Å². The molecule has 0 bridgehead atoms. The average molecular weight is 456 g/mol. The van der Waals surface area contributed by atoms with Crippen LogP contribution in [0.25, 0.3) is 0 Å². The third-order valence-electron chi connectivity index (χ3n) is 5.70. The first-order chi connectivity index (χ1) is 14.9. The van der Waals surface area contributed by atoms with Crippen LogP contribution in [-0.4, -0.2) is 38.0 Å². The number of hydrogen-bond acceptors (Lipinski definition) is 3. The average Bonchev–Trinajstić information content (AvgIpc) is 3.14. The van der Waals surface area contributed by atoms with Crippen molar-refractivity contribution in [2.24, 2.45) is 0 Å². The predicted molar refractivity (Wildman–Crippen MR) is 126 cm³/mol. The van der Waals surface area contributed by atoms with E-state index >= 15 is 0 Å². The molecule has 0 amide bonds. The van der Waals surface area contributed by atoms with E-state index in [2.05, 4.69) is 12.1 Å². The Hall–Kier alpha value is -2.38. The molecule has 0 aromatic heterocycles. The molecule has 0 saturated carbocycles. The molecule has 0 aliphatic carbocycles. The Morgan fingerprint density at radius 2 is 1.48 bits per heavy atom. The first-order valence-electron chi connectivity index (χ1n) is 10.3. The van der Waals surface area contributed by atoms with Crippen LogP contribution in [0.2, 0.25) is 5.02 Å². The van der Waals surface area contributed by atoms with Crippen molar-refractivity contribution in [1.29, 1.82) is 0 Å². The molecule has 1 saturated heterocycles. The van der Waals surface area contributed by atoms with E-state index in [1.807, 2.05) is 91.8 Å². The van der Waals surface area contributed by atoms with Crippen LogP contribution in [0, 0.1) is 0 Å². The van der Waals surface area contributed by atoms with E-state index in [1.54, 1.807) is 0 Å². The van der Waals surface area contributed by atoms with Crippen LogP contribution in [0.1, 0.15) is 30.0 Å². The lowest BCUT2D eigenvalue weighted by atomic mass is 9.89. The fraction of sp³-hybridized carbons (Fsp3) is 0.250. The van der Waals surface area contributed by atoms with Gasteiger partial charge in [-0.1, -0.05) is 72.3 Å². The fourth-order valence-corrected chi connectivity index (χ4v) is 6.35. The first-order valence-corrected chi connectivity index (χ1v) is 12.1. The fourth-order valence-electron chi connectivity index (χ4n) is 4.33. The van der Waals surface area contributed by atoms with E-state index in [9.17, 15) is 8.42 Å². The Balaban J connectivity index is 1.83. The molecule has 31 heavy (non-hydrogen) atoms. The summed E-state index contributed by atoms with van der Waals surface area (Å²) in [6.07, 6.45) is 0. The first kappa shape index (κ1) is 21.8. The summed E-state index contributed by atoms with van der Waals surface area (Å²) in [4.78, 5) is 0. The van der Waals surface area contributed by atoms with Crippen molar-refractivity contribution in [3.63, 3.8) is 0 Å². The molecule has 0 radical (unpaired) electrons. The van der Waals surface area contributed by atoms with Crippen molar-refractivity contribution in [2.45, 2.75) is 18.9 Å². The summed E-state index contributed by atoms with van der Waals surface area (Å²) < 4.78 is 31.0. The Morgan fingerprint density at radius 1 is 0.903 bits per heavy atom. The molecule has 4 rings (SSSR count). The van der Waals surface area contributed by atoms with Crippen molar-refractivity contribution in [3.8, 4) is 0 Å². The van der Waals surface area contributed by atoms with E-state index in [0.29, 0.717) is 23.8 Å². The van der Waals surface area contributed by atoms with Crippen LogP contribution in [0.5, 0.6) is 0 Å². The van der Waals surface area contributed by atoms with Gasteiger partial charge in [-0.3, -0.25) is 4.31 Å². The second-order valence-corrected chi connectivity index (χ2v) is 9.78. The number of halogens is 1. The molecule has 1 aliphatic heterocycles. The standard InChI is InChI=1S/C24H26ClN3O2S/c1-3-27(22-12-8-5-9-13-22)31(29,30)28-24(20-14-16-21(25)17-15-20)23(18-26(28)2)19-10-6-4-7-11-19/h4-17,23-24H,3,18H2,1-2H3. The van der Waals surface area contributed by atoms with E-state index in [-0.39, 0.29) is 12.0 Å². The maximum Gasteiger partial charge on any atom is 0.317 e. The minimum atomic E-state index is -3.84. The summed E-state index contributed by atoms with van der Waals surface area (Å²) in [6.45, 7) is 2.77. The van der Waals surface area contributed by atoms with Crippen LogP contribution in [0.15, 0.2) is 84.9 Å². The summed E-state index contributed by atoms with van der Waals surface area (Å²) in [6, 6.07) is 26.4. The van der Waals surface area contributed by atoms with Crippen LogP contribution in [-0.2, 0) is 10.2 Å². The topological polar surface area (TPSA) is 43.9 Å². The van der Waals surface area contributed by atoms with Crippen LogP contribution in [0.4, 0.5) is 5.69 Å². The van der Waals surface area contributed by atoms with Gasteiger partial charge in [-0.25, -0.2) is 5.01 Å². The van der Waals surface area contributed by atoms with Crippen molar-refractivity contribution in [2.75, 3.05) is 24.4 Å². The molecular weight excluding hydrogens is 430 g/mol. The zero-order valence-corrected chi connectivity index (χ0v) is 19.2. The molecule has 7 heteroatoms. The van der Waals surface area contributed by atoms with Crippen molar-refractivity contribution in [1.82, 2.24) is 9.42 Å². The maximum absolute atomic E-state index is 14.0. The SMILES string of the molecule is CCN(c1ccccc1)S(=O)(=O)N1C(c2ccc(Cl)cc2)C(c2ccccc2)CN1C. The molecule has 3 aromatic carbocycles. The smallest absolute Gasteiger partial charge is 0.257 e. The third-order valence-corrected chi connectivity index (χ3v) is 7.96. The van der Waals surface area contributed by atoms with Gasteiger partial charge in [0, 0.05) is 31.1 Å². The van der Waals surface area contributed by atoms with Crippen molar-refractivity contribution in [3.05, 3.63) is 101 Å². The summed E-state index contributed by atoms with van der Waals surface area (Å²) in [5.41, 5.74) is 2.67. The minimum absolute atomic E-state index is 0.0170. The van der Waals surface area contributed by atoms with Gasteiger partial charge in [0.25, 0.3) is 0 Å². The van der Waals surface area contributed by atoms with Gasteiger partial charge in [0.2, 0.25) is 0 Å². The Labute approximate surface area is 189 Å². The number of hydrogen-bond donors (Lipinski definition) is 0. The molecule has 2 unspecified atom stereocenters. The second kappa shape index (κ2) is 9.01. The largest absolute Gasteiger partial charge is 0.317 e. The highest BCUT2D eigenvalue weighted by molar-refractivity contribution is 7.90. The maximum atomic E-state index is 14.0. The number of nitrogens with zero attached hydrogens (tertiary/aromatic N) is 3. The molecule has 5 nitrogen and oxygen atoms in total. The lowest BCUT2D eigenvalue weighted by Gasteiger charge is -2.35. The summed E-state index contributed by atoms with van der Waals surface area (Å²) in [7, 11) is -2.01. The third kappa shape index (κ3) is 4.21. The highest BCUT2D eigenvalue weighted by Gasteiger charge is 2.48. The highest BCUT2D eigenvalue weighted by Crippen LogP contribution is 2.45. The number of rotatable bonds is 6. The molecular formula is C24H26ClN3O2S. The molecule has 3 aromatic rings. The lowest BCUT2D eigenvalue weighted by Crippen LogP contribution is -2.48. The molecule has 162 valence electrons. The Bertz CT molecular complexity index is 1110. The Morgan fingerprint density at radius 3 is 2.06 bits per heavy atom. The van der Waals surface area contributed by atoms with Crippen molar-refractivity contribution < 1.29 is 8.42 Å². The van der Waals surface area contributed by atoms with Crippen LogP contribution < -0.4 is 4.31 Å². The van der Waals surface area contributed by atoms with Gasteiger partial charge in [0.05, 0.1) is 11.7 Å². The van der Waals surface area contributed by atoms with E-state index < -0.39 is 10.2 Å². The summed E-state index contributed by atoms with van der Waals surface area (Å²) in [5, 5.41) is 2.44. The molecule has 0 N–H and O–H groups in total. The zero-order valence-electron chi connectivity index (χ0n) is 17.6. The zero-order chi connectivity index (χ0) is 22.0. The molecule has 1 fully saturated rings. The quantitative estimate of drug-likeness (QED) is 0.519. The van der Waals surface area contributed by atoms with Crippen molar-refractivity contribution >= 4 is 27.5 Å². The van der Waals surface area contributed by atoms with E-state index in [4.69, 9.17) is 11.6 Å². The molecule has 1 heterocycles. The highest BCUT2D eigenvalue weighted by atomic mass is 35.5. The van der Waals surface area contributed by atoms with E-state index in [0.717, 1.165) is 11.1 Å². The van der Waals surface area contributed by atoms with Gasteiger partial charge in [-0.2, -0.15) is 8.42 Å². The van der Waals surface area contributed by atoms with Gasteiger partial charge in [-0.05, 0) is 42.3 Å². The van der Waals surface area contributed by atoms with Gasteiger partial charge in [-0.15, -0.1) is 4.41 Å². The number of benzene rings is 3. The summed E-state index contributed by atoms with van der Waals surface area (Å²) >= 11 is 6.13. The molecule has 1 aliphatic rings. The second-order valence-electron chi connectivity index (χ2n) is 7.63. The minimum Gasteiger partial charge on any atom is -0.257 e. The lowest BCUT2D eigenvalue weighted by molar-refractivity contribution is 0.124. The van der Waals surface area contributed by atoms with Gasteiger partial charge in [0.15, 0.2) is 0 Å². The number of anilines is 1. The van der Waals surface area contributed by atoms with Gasteiger partial charge < -0.3 is 0 Å². The van der Waals surface area contributed by atoms with Gasteiger partial charge in [0.1, 0.15) is 0 Å². The summed E-state index contributed by atoms with van der Waals surface area (Å²) in [5.74, 6) is -0.0170. The number of likely N-dealkylation sites (N-methyl/N-ethyl adjacent to an activating group) is 1. The van der Waals surface area contributed by atoms with Crippen LogP contribution in [0.3, 0.4) is 0 Å². The number of para-hydroxylation sites is 1. The monoisotopic (exact) mass is 455 g/mol. The number of hydrazine groups is 1. The molecule has 0 spiro atoms. The normalized spacial score (nSPS) is 20.1. The molecule has 2 atom stereocenters.